The van der Waals surface area contributed by atoms with Gasteiger partial charge in [0.25, 0.3) is 0 Å². The van der Waals surface area contributed by atoms with E-state index >= 15 is 0 Å². The first-order valence-corrected chi connectivity index (χ1v) is 6.22. The average molecular weight is 229 g/mol. The van der Waals surface area contributed by atoms with E-state index in [2.05, 4.69) is 24.2 Å². The highest BCUT2D eigenvalue weighted by Gasteiger charge is 2.26. The molecule has 1 amide bonds. The van der Waals surface area contributed by atoms with Crippen LogP contribution >= 0.6 is 11.8 Å². The molecule has 5 heteroatoms. The first-order valence-electron chi connectivity index (χ1n) is 5.23. The number of nitrogens with one attached hydrogen (secondary N) is 1. The summed E-state index contributed by atoms with van der Waals surface area (Å²) in [5.41, 5.74) is 5.20. The third kappa shape index (κ3) is 5.06. The monoisotopic (exact) mass is 229 g/mol. The maximum absolute atomic E-state index is 10.5. The minimum atomic E-state index is -0.225. The molecule has 0 saturated carbocycles. The number of nitrogens with two attached hydrogens (primary N) is 1. The van der Waals surface area contributed by atoms with Crippen molar-refractivity contribution in [2.24, 2.45) is 10.7 Å². The Kier molecular flexibility index (Phi) is 4.45. The molecule has 0 radical (unpaired) electrons. The number of aliphatic imine (C=N–C) groups is 1. The quantitative estimate of drug-likeness (QED) is 0.694. The number of carbonyl (C=O) groups excluding carboxylic acids is 1. The van der Waals surface area contributed by atoms with Crippen LogP contribution in [0.25, 0.3) is 0 Å². The Hall–Kier alpha value is -0.710. The average Bonchev–Trinajstić information content (AvgIpc) is 2.44. The molecular formula is C10H19N3OS. The fourth-order valence-electron chi connectivity index (χ4n) is 1.29. The Morgan fingerprint density at radius 3 is 2.87 bits per heavy atom. The third-order valence-corrected chi connectivity index (χ3v) is 3.47. The van der Waals surface area contributed by atoms with Crippen molar-refractivity contribution < 1.29 is 4.79 Å². The number of carbonyl (C=O) groups is 1. The van der Waals surface area contributed by atoms with E-state index in [-0.39, 0.29) is 11.4 Å². The van der Waals surface area contributed by atoms with Crippen molar-refractivity contribution in [1.29, 1.82) is 0 Å². The number of amidine groups is 1. The molecule has 0 spiro atoms. The summed E-state index contributed by atoms with van der Waals surface area (Å²) in [4.78, 5) is 14.9. The van der Waals surface area contributed by atoms with Crippen molar-refractivity contribution in [1.82, 2.24) is 5.32 Å². The third-order valence-electron chi connectivity index (χ3n) is 2.10. The van der Waals surface area contributed by atoms with E-state index in [1.54, 1.807) is 11.8 Å². The van der Waals surface area contributed by atoms with Gasteiger partial charge in [0, 0.05) is 24.3 Å². The van der Waals surface area contributed by atoms with E-state index in [0.29, 0.717) is 6.42 Å². The van der Waals surface area contributed by atoms with Gasteiger partial charge in [0.15, 0.2) is 5.17 Å². The lowest BCUT2D eigenvalue weighted by molar-refractivity contribution is -0.118. The molecule has 1 rings (SSSR count). The zero-order chi connectivity index (χ0) is 11.3. The Morgan fingerprint density at radius 2 is 2.33 bits per heavy atom. The minimum Gasteiger partial charge on any atom is -0.370 e. The second-order valence-electron chi connectivity index (χ2n) is 4.41. The molecule has 0 aliphatic carbocycles. The van der Waals surface area contributed by atoms with Crippen LogP contribution in [-0.2, 0) is 4.79 Å². The van der Waals surface area contributed by atoms with Gasteiger partial charge >= 0.3 is 0 Å². The van der Waals surface area contributed by atoms with Gasteiger partial charge in [-0.15, -0.1) is 0 Å². The fourth-order valence-corrected chi connectivity index (χ4v) is 2.39. The van der Waals surface area contributed by atoms with E-state index in [0.717, 1.165) is 30.3 Å². The summed E-state index contributed by atoms with van der Waals surface area (Å²) < 4.78 is 0. The van der Waals surface area contributed by atoms with Gasteiger partial charge in [-0.2, -0.15) is 0 Å². The SMILES string of the molecule is CC1(C)CSC(=NCCCCC(N)=O)N1. The lowest BCUT2D eigenvalue weighted by Crippen LogP contribution is -2.36. The summed E-state index contributed by atoms with van der Waals surface area (Å²) in [5, 5.41) is 4.38. The molecule has 3 N–H and O–H groups in total. The van der Waals surface area contributed by atoms with Crippen molar-refractivity contribution in [3.05, 3.63) is 0 Å². The van der Waals surface area contributed by atoms with Crippen LogP contribution in [0, 0.1) is 0 Å². The normalized spacial score (nSPS) is 21.6. The smallest absolute Gasteiger partial charge is 0.217 e. The molecule has 15 heavy (non-hydrogen) atoms. The molecule has 1 fully saturated rings. The van der Waals surface area contributed by atoms with Crippen LogP contribution in [0.3, 0.4) is 0 Å². The van der Waals surface area contributed by atoms with Crippen LogP contribution in [0.2, 0.25) is 0 Å². The van der Waals surface area contributed by atoms with Crippen molar-refractivity contribution in [3.8, 4) is 0 Å². The van der Waals surface area contributed by atoms with Crippen LogP contribution in [0.15, 0.2) is 4.99 Å². The van der Waals surface area contributed by atoms with Gasteiger partial charge in [0.1, 0.15) is 0 Å². The van der Waals surface area contributed by atoms with Crippen molar-refractivity contribution in [2.75, 3.05) is 12.3 Å². The molecule has 0 aromatic rings. The molecular weight excluding hydrogens is 210 g/mol. The molecule has 0 unspecified atom stereocenters. The molecule has 1 saturated heterocycles. The van der Waals surface area contributed by atoms with Gasteiger partial charge in [-0.05, 0) is 26.7 Å². The van der Waals surface area contributed by atoms with Crippen molar-refractivity contribution >= 4 is 22.8 Å². The molecule has 0 aromatic carbocycles. The number of nitrogens with zero attached hydrogens (tertiary/aromatic N) is 1. The van der Waals surface area contributed by atoms with E-state index in [4.69, 9.17) is 5.73 Å². The maximum atomic E-state index is 10.5. The van der Waals surface area contributed by atoms with Gasteiger partial charge < -0.3 is 11.1 Å². The molecule has 0 bridgehead atoms. The number of primary amides is 1. The Labute approximate surface area is 95.1 Å². The summed E-state index contributed by atoms with van der Waals surface area (Å²) in [6, 6.07) is 0. The molecule has 4 nitrogen and oxygen atoms in total. The molecule has 0 aromatic heterocycles. The van der Waals surface area contributed by atoms with Gasteiger partial charge in [0.05, 0.1) is 0 Å². The highest BCUT2D eigenvalue weighted by molar-refractivity contribution is 8.14. The predicted molar refractivity (Wildman–Crippen MR) is 65.0 cm³/mol. The first kappa shape index (κ1) is 12.4. The van der Waals surface area contributed by atoms with Crippen LogP contribution < -0.4 is 11.1 Å². The van der Waals surface area contributed by atoms with Gasteiger partial charge in [-0.3, -0.25) is 9.79 Å². The summed E-state index contributed by atoms with van der Waals surface area (Å²) >= 11 is 1.76. The number of amides is 1. The topological polar surface area (TPSA) is 67.5 Å². The van der Waals surface area contributed by atoms with Crippen LogP contribution in [0.5, 0.6) is 0 Å². The highest BCUT2D eigenvalue weighted by Crippen LogP contribution is 2.21. The standard InChI is InChI=1S/C10H19N3OS/c1-10(2)7-15-9(13-10)12-6-4-3-5-8(11)14/h3-7H2,1-2H3,(H2,11,14)(H,12,13). The molecule has 86 valence electrons. The number of hydrogen-bond donors (Lipinski definition) is 2. The second kappa shape index (κ2) is 5.39. The van der Waals surface area contributed by atoms with Crippen LogP contribution in [0.4, 0.5) is 0 Å². The van der Waals surface area contributed by atoms with E-state index < -0.39 is 0 Å². The molecule has 0 atom stereocenters. The van der Waals surface area contributed by atoms with Crippen LogP contribution in [-0.4, -0.2) is 28.9 Å². The molecule has 1 aliphatic heterocycles. The van der Waals surface area contributed by atoms with E-state index in [9.17, 15) is 4.79 Å². The minimum absolute atomic E-state index is 0.163. The lowest BCUT2D eigenvalue weighted by Gasteiger charge is -2.15. The Morgan fingerprint density at radius 1 is 1.60 bits per heavy atom. The van der Waals surface area contributed by atoms with Crippen molar-refractivity contribution in [2.45, 2.75) is 38.6 Å². The fraction of sp³-hybridized carbons (Fsp3) is 0.800. The van der Waals surface area contributed by atoms with Crippen LogP contribution in [0.1, 0.15) is 33.1 Å². The maximum Gasteiger partial charge on any atom is 0.217 e. The molecule has 1 heterocycles. The zero-order valence-electron chi connectivity index (χ0n) is 9.38. The van der Waals surface area contributed by atoms with Gasteiger partial charge in [-0.1, -0.05) is 11.8 Å². The predicted octanol–water partition coefficient (Wildman–Crippen LogP) is 1.11. The van der Waals surface area contributed by atoms with Gasteiger partial charge in [-0.25, -0.2) is 0 Å². The number of unbranched alkanes of at least 4 members (excludes halogenated alkanes) is 1. The van der Waals surface area contributed by atoms with E-state index in [1.807, 2.05) is 0 Å². The summed E-state index contributed by atoms with van der Waals surface area (Å²) in [7, 11) is 0. The number of thioether (sulfide) groups is 1. The van der Waals surface area contributed by atoms with E-state index in [1.165, 1.54) is 0 Å². The Balaban J connectivity index is 2.14. The number of hydrogen-bond acceptors (Lipinski definition) is 3. The highest BCUT2D eigenvalue weighted by atomic mass is 32.2. The zero-order valence-corrected chi connectivity index (χ0v) is 10.2. The summed E-state index contributed by atoms with van der Waals surface area (Å²) in [5.74, 6) is 0.838. The molecule has 1 aliphatic rings. The number of rotatable bonds is 5. The van der Waals surface area contributed by atoms with Crippen molar-refractivity contribution in [3.63, 3.8) is 0 Å². The first-order chi connectivity index (χ1) is 6.99. The second-order valence-corrected chi connectivity index (χ2v) is 5.37. The van der Waals surface area contributed by atoms with Gasteiger partial charge in [0.2, 0.25) is 5.91 Å². The lowest BCUT2D eigenvalue weighted by atomic mass is 10.1. The largest absolute Gasteiger partial charge is 0.370 e. The Bertz CT molecular complexity index is 263. The summed E-state index contributed by atoms with van der Waals surface area (Å²) in [6.07, 6.45) is 2.23. The summed E-state index contributed by atoms with van der Waals surface area (Å²) in [6.45, 7) is 5.10.